The maximum atomic E-state index is 12.0. The van der Waals surface area contributed by atoms with Crippen molar-refractivity contribution in [3.8, 4) is 0 Å². The summed E-state index contributed by atoms with van der Waals surface area (Å²) in [5.41, 5.74) is 1.08. The van der Waals surface area contributed by atoms with Crippen molar-refractivity contribution < 1.29 is 8.42 Å². The summed E-state index contributed by atoms with van der Waals surface area (Å²) in [7, 11) is -3.33. The molecule has 7 heteroatoms. The van der Waals surface area contributed by atoms with Crippen LogP contribution in [0.3, 0.4) is 0 Å². The molecule has 1 aromatic heterocycles. The highest BCUT2D eigenvalue weighted by atomic mass is 32.2. The van der Waals surface area contributed by atoms with Crippen molar-refractivity contribution >= 4 is 10.2 Å². The SMILES string of the molecule is O=S(=O)(NCCc1ccncc1)N1CCNCC1. The van der Waals surface area contributed by atoms with Crippen LogP contribution >= 0.6 is 0 Å². The number of hydrogen-bond acceptors (Lipinski definition) is 4. The van der Waals surface area contributed by atoms with Crippen LogP contribution in [0.25, 0.3) is 0 Å². The summed E-state index contributed by atoms with van der Waals surface area (Å²) in [6.45, 7) is 2.90. The quantitative estimate of drug-likeness (QED) is 0.746. The molecule has 100 valence electrons. The maximum absolute atomic E-state index is 12.0. The Bertz CT molecular complexity index is 457. The number of nitrogens with zero attached hydrogens (tertiary/aromatic N) is 2. The summed E-state index contributed by atoms with van der Waals surface area (Å²) in [4.78, 5) is 3.92. The Kier molecular flexibility index (Phi) is 4.65. The molecule has 6 nitrogen and oxygen atoms in total. The zero-order valence-corrected chi connectivity index (χ0v) is 11.0. The Hall–Kier alpha value is -1.02. The van der Waals surface area contributed by atoms with Gasteiger partial charge in [0.2, 0.25) is 0 Å². The van der Waals surface area contributed by atoms with Crippen molar-refractivity contribution in [3.63, 3.8) is 0 Å². The Morgan fingerprint density at radius 2 is 1.94 bits per heavy atom. The molecule has 1 fully saturated rings. The van der Waals surface area contributed by atoms with Crippen LogP contribution in [-0.4, -0.2) is 50.4 Å². The van der Waals surface area contributed by atoms with Crippen LogP contribution in [0, 0.1) is 0 Å². The van der Waals surface area contributed by atoms with Crippen LogP contribution < -0.4 is 10.0 Å². The van der Waals surface area contributed by atoms with Crippen molar-refractivity contribution in [2.75, 3.05) is 32.7 Å². The average molecular weight is 270 g/mol. The fraction of sp³-hybridized carbons (Fsp3) is 0.545. The summed E-state index contributed by atoms with van der Waals surface area (Å²) >= 11 is 0. The molecule has 0 unspecified atom stereocenters. The van der Waals surface area contributed by atoms with Crippen LogP contribution in [0.1, 0.15) is 5.56 Å². The molecule has 18 heavy (non-hydrogen) atoms. The molecule has 1 saturated heterocycles. The fourth-order valence-corrected chi connectivity index (χ4v) is 3.06. The van der Waals surface area contributed by atoms with Gasteiger partial charge in [0.05, 0.1) is 0 Å². The summed E-state index contributed by atoms with van der Waals surface area (Å²) in [6.07, 6.45) is 4.09. The van der Waals surface area contributed by atoms with E-state index in [2.05, 4.69) is 15.0 Å². The number of rotatable bonds is 5. The molecule has 2 N–H and O–H groups in total. The third-order valence-corrected chi connectivity index (χ3v) is 4.48. The van der Waals surface area contributed by atoms with Gasteiger partial charge in [-0.25, -0.2) is 4.72 Å². The second-order valence-electron chi connectivity index (χ2n) is 4.15. The molecule has 0 aromatic carbocycles. The first-order chi connectivity index (χ1) is 8.68. The van der Waals surface area contributed by atoms with E-state index >= 15 is 0 Å². The molecule has 0 radical (unpaired) electrons. The summed E-state index contributed by atoms with van der Waals surface area (Å²) in [5.74, 6) is 0. The predicted octanol–water partition coefficient (Wildman–Crippen LogP) is -0.636. The van der Waals surface area contributed by atoms with Crippen molar-refractivity contribution in [3.05, 3.63) is 30.1 Å². The van der Waals surface area contributed by atoms with Crippen LogP contribution in [0.4, 0.5) is 0 Å². The summed E-state index contributed by atoms with van der Waals surface area (Å²) in [5, 5.41) is 3.13. The smallest absolute Gasteiger partial charge is 0.279 e. The lowest BCUT2D eigenvalue weighted by Gasteiger charge is -2.26. The molecule has 2 rings (SSSR count). The van der Waals surface area contributed by atoms with E-state index in [0.717, 1.165) is 5.56 Å². The minimum atomic E-state index is -3.33. The van der Waals surface area contributed by atoms with Gasteiger partial charge in [-0.2, -0.15) is 12.7 Å². The van der Waals surface area contributed by atoms with Crippen LogP contribution in [0.5, 0.6) is 0 Å². The van der Waals surface area contributed by atoms with Gasteiger partial charge in [0.1, 0.15) is 0 Å². The monoisotopic (exact) mass is 270 g/mol. The van der Waals surface area contributed by atoms with Crippen LogP contribution in [0.15, 0.2) is 24.5 Å². The van der Waals surface area contributed by atoms with Gasteiger partial charge < -0.3 is 5.32 Å². The minimum absolute atomic E-state index is 0.413. The van der Waals surface area contributed by atoms with E-state index in [1.165, 1.54) is 4.31 Å². The normalized spacial score (nSPS) is 17.8. The standard InChI is InChI=1S/C11H18N4O2S/c16-18(17,15-9-7-13-8-10-15)14-6-3-11-1-4-12-5-2-11/h1-2,4-5,13-14H,3,6-10H2. The highest BCUT2D eigenvalue weighted by Gasteiger charge is 2.22. The summed E-state index contributed by atoms with van der Waals surface area (Å²) in [6, 6.07) is 3.78. The highest BCUT2D eigenvalue weighted by Crippen LogP contribution is 2.01. The molecule has 2 heterocycles. The molecule has 0 atom stereocenters. The van der Waals surface area contributed by atoms with E-state index in [4.69, 9.17) is 0 Å². The van der Waals surface area contributed by atoms with Crippen molar-refractivity contribution in [2.45, 2.75) is 6.42 Å². The van der Waals surface area contributed by atoms with Gasteiger partial charge in [0, 0.05) is 45.1 Å². The third kappa shape index (κ3) is 3.74. The van der Waals surface area contributed by atoms with E-state index < -0.39 is 10.2 Å². The van der Waals surface area contributed by atoms with Gasteiger partial charge in [0.25, 0.3) is 10.2 Å². The lowest BCUT2D eigenvalue weighted by Crippen LogP contribution is -2.50. The third-order valence-electron chi connectivity index (χ3n) is 2.86. The first kappa shape index (κ1) is 13.4. The highest BCUT2D eigenvalue weighted by molar-refractivity contribution is 7.87. The van der Waals surface area contributed by atoms with Gasteiger partial charge >= 0.3 is 0 Å². The maximum Gasteiger partial charge on any atom is 0.279 e. The number of hydrogen-bond donors (Lipinski definition) is 2. The van der Waals surface area contributed by atoms with Crippen molar-refractivity contribution in [2.24, 2.45) is 0 Å². The topological polar surface area (TPSA) is 74.3 Å². The second-order valence-corrected chi connectivity index (χ2v) is 5.91. The van der Waals surface area contributed by atoms with E-state index in [1.54, 1.807) is 12.4 Å². The van der Waals surface area contributed by atoms with Crippen molar-refractivity contribution in [1.29, 1.82) is 0 Å². The molecule has 0 aliphatic carbocycles. The molecular formula is C11H18N4O2S. The molecule has 0 amide bonds. The molecule has 0 saturated carbocycles. The largest absolute Gasteiger partial charge is 0.314 e. The first-order valence-electron chi connectivity index (χ1n) is 6.03. The Labute approximate surface area is 108 Å². The van der Waals surface area contributed by atoms with Gasteiger partial charge in [-0.05, 0) is 24.1 Å². The molecule has 1 aliphatic rings. The van der Waals surface area contributed by atoms with Crippen molar-refractivity contribution in [1.82, 2.24) is 19.3 Å². The first-order valence-corrected chi connectivity index (χ1v) is 7.47. The number of piperazine rings is 1. The lowest BCUT2D eigenvalue weighted by molar-refractivity contribution is 0.355. The zero-order valence-electron chi connectivity index (χ0n) is 10.2. The Morgan fingerprint density at radius 3 is 2.61 bits per heavy atom. The molecule has 0 spiro atoms. The molecule has 1 aromatic rings. The van der Waals surface area contributed by atoms with Crippen LogP contribution in [-0.2, 0) is 16.6 Å². The Morgan fingerprint density at radius 1 is 1.28 bits per heavy atom. The van der Waals surface area contributed by atoms with Gasteiger partial charge in [0.15, 0.2) is 0 Å². The van der Waals surface area contributed by atoms with Gasteiger partial charge in [-0.3, -0.25) is 4.98 Å². The number of nitrogens with one attached hydrogen (secondary N) is 2. The zero-order chi connectivity index (χ0) is 12.8. The van der Waals surface area contributed by atoms with Gasteiger partial charge in [-0.1, -0.05) is 0 Å². The van der Waals surface area contributed by atoms with Crippen LogP contribution in [0.2, 0.25) is 0 Å². The molecular weight excluding hydrogens is 252 g/mol. The van der Waals surface area contributed by atoms with E-state index in [9.17, 15) is 8.42 Å². The number of pyridine rings is 1. The molecule has 0 bridgehead atoms. The molecule has 1 aliphatic heterocycles. The fourth-order valence-electron chi connectivity index (χ4n) is 1.85. The van der Waals surface area contributed by atoms with Gasteiger partial charge in [-0.15, -0.1) is 0 Å². The second kappa shape index (κ2) is 6.24. The van der Waals surface area contributed by atoms with E-state index in [-0.39, 0.29) is 0 Å². The average Bonchev–Trinajstić information content (AvgIpc) is 2.41. The Balaban J connectivity index is 1.82. The summed E-state index contributed by atoms with van der Waals surface area (Å²) < 4.78 is 28.0. The predicted molar refractivity (Wildman–Crippen MR) is 69.3 cm³/mol. The van der Waals surface area contributed by atoms with E-state index in [0.29, 0.717) is 39.1 Å². The minimum Gasteiger partial charge on any atom is -0.314 e. The number of aromatic nitrogens is 1. The lowest BCUT2D eigenvalue weighted by atomic mass is 10.2. The van der Waals surface area contributed by atoms with E-state index in [1.807, 2.05) is 12.1 Å².